The van der Waals surface area contributed by atoms with Crippen molar-refractivity contribution in [2.45, 2.75) is 139 Å². The first-order chi connectivity index (χ1) is 31.2. The van der Waals surface area contributed by atoms with E-state index in [1.54, 1.807) is 14.2 Å². The van der Waals surface area contributed by atoms with Gasteiger partial charge in [-0.25, -0.2) is 9.97 Å². The minimum atomic E-state index is -0.204. The lowest BCUT2D eigenvalue weighted by Crippen LogP contribution is -2.44. The van der Waals surface area contributed by atoms with Crippen molar-refractivity contribution >= 4 is 33.4 Å². The summed E-state index contributed by atoms with van der Waals surface area (Å²) in [6.45, 7) is 23.5. The summed E-state index contributed by atoms with van der Waals surface area (Å²) in [7, 11) is 3.45. The summed E-state index contributed by atoms with van der Waals surface area (Å²) < 4.78 is 25.5. The Morgan fingerprint density at radius 3 is 1.27 bits per heavy atom. The molecule has 2 aliphatic heterocycles. The summed E-state index contributed by atoms with van der Waals surface area (Å²) in [4.78, 5) is 10.4. The molecule has 0 bridgehead atoms. The molecular formula is C58H60N4O4. The van der Waals surface area contributed by atoms with Crippen molar-refractivity contribution in [1.29, 1.82) is 0 Å². The molecule has 0 saturated carbocycles. The number of nitrogens with one attached hydrogen (secondary N) is 2. The molecule has 3 heterocycles. The van der Waals surface area contributed by atoms with Crippen molar-refractivity contribution in [2.75, 3.05) is 24.9 Å². The molecule has 0 amide bonds. The van der Waals surface area contributed by atoms with Gasteiger partial charge in [0, 0.05) is 10.8 Å². The van der Waals surface area contributed by atoms with Crippen LogP contribution < -0.4 is 29.6 Å². The van der Waals surface area contributed by atoms with Crippen molar-refractivity contribution in [2.24, 2.45) is 0 Å². The second-order valence-electron chi connectivity index (χ2n) is 23.6. The number of fused-ring (bicyclic) bond motifs is 14. The van der Waals surface area contributed by atoms with Gasteiger partial charge in [0.05, 0.1) is 59.7 Å². The quantitative estimate of drug-likeness (QED) is 0.166. The molecule has 8 nitrogen and oxygen atoms in total. The van der Waals surface area contributed by atoms with Crippen molar-refractivity contribution < 1.29 is 18.9 Å². The summed E-state index contributed by atoms with van der Waals surface area (Å²) in [5.74, 6) is 4.60. The first-order valence-corrected chi connectivity index (χ1v) is 23.9. The van der Waals surface area contributed by atoms with Gasteiger partial charge in [-0.1, -0.05) is 55.4 Å². The average Bonchev–Trinajstić information content (AvgIpc) is 3.80. The van der Waals surface area contributed by atoms with Crippen LogP contribution in [-0.2, 0) is 32.5 Å². The summed E-state index contributed by atoms with van der Waals surface area (Å²) in [5, 5.41) is 7.95. The van der Waals surface area contributed by atoms with Crippen LogP contribution in [0.4, 0.5) is 11.4 Å². The Morgan fingerprint density at radius 1 is 0.455 bits per heavy atom. The van der Waals surface area contributed by atoms with E-state index in [1.165, 1.54) is 55.6 Å². The van der Waals surface area contributed by atoms with Gasteiger partial charge in [-0.05, 0) is 190 Å². The highest BCUT2D eigenvalue weighted by molar-refractivity contribution is 5.89. The Balaban J connectivity index is 0.868. The Hall–Kier alpha value is -6.02. The SMILES string of the molecule is COc1cc2c(cc1OC)C1(CC2(C)C)CC(C)(C)c2cc3c(cc21)OC1=CC2Nc4cc5c(cc4NC2C=C1O3)C(C)(C)CC51CC(C)(C)c2cc3nc4cc(C)c(C)cc4nc3cc21. The number of anilines is 2. The molecule has 0 fully saturated rings. The zero-order chi connectivity index (χ0) is 45.8. The van der Waals surface area contributed by atoms with Gasteiger partial charge in [0.2, 0.25) is 0 Å². The Morgan fingerprint density at radius 2 is 0.788 bits per heavy atom. The van der Waals surface area contributed by atoms with Crippen LogP contribution >= 0.6 is 0 Å². The molecule has 6 aromatic rings. The van der Waals surface area contributed by atoms with E-state index >= 15 is 0 Å². The molecule has 5 aliphatic carbocycles. The maximum Gasteiger partial charge on any atom is 0.170 e. The lowest BCUT2D eigenvalue weighted by molar-refractivity contribution is 0.285. The van der Waals surface area contributed by atoms with E-state index in [0.29, 0.717) is 0 Å². The van der Waals surface area contributed by atoms with E-state index in [0.717, 1.165) is 93.6 Å². The molecule has 2 N–H and O–H groups in total. The van der Waals surface area contributed by atoms with Gasteiger partial charge < -0.3 is 29.6 Å². The number of aryl methyl sites for hydroxylation is 2. The van der Waals surface area contributed by atoms with Gasteiger partial charge in [-0.15, -0.1) is 0 Å². The molecule has 5 aromatic carbocycles. The first-order valence-electron chi connectivity index (χ1n) is 23.9. The lowest BCUT2D eigenvalue weighted by atomic mass is 9.72. The molecule has 13 rings (SSSR count). The minimum Gasteiger partial charge on any atom is -0.493 e. The van der Waals surface area contributed by atoms with Crippen molar-refractivity contribution in [1.82, 2.24) is 9.97 Å². The fraction of sp³-hybridized carbons (Fsp3) is 0.414. The van der Waals surface area contributed by atoms with Crippen LogP contribution in [0.3, 0.4) is 0 Å². The molecule has 8 heteroatoms. The first kappa shape index (κ1) is 40.3. The molecule has 7 aliphatic rings. The third kappa shape index (κ3) is 5.22. The summed E-state index contributed by atoms with van der Waals surface area (Å²) in [6, 6.07) is 23.0. The average molecular weight is 877 g/mol. The molecule has 4 atom stereocenters. The summed E-state index contributed by atoms with van der Waals surface area (Å²) in [6.07, 6.45) is 8.47. The highest BCUT2D eigenvalue weighted by Crippen LogP contribution is 2.67. The third-order valence-corrected chi connectivity index (χ3v) is 17.3. The number of hydrogen-bond acceptors (Lipinski definition) is 8. The molecule has 4 unspecified atom stereocenters. The number of methoxy groups -OCH3 is 2. The highest BCUT2D eigenvalue weighted by atomic mass is 16.6. The maximum atomic E-state index is 6.95. The molecule has 2 spiro atoms. The molecular weight excluding hydrogens is 817 g/mol. The van der Waals surface area contributed by atoms with Gasteiger partial charge in [0.1, 0.15) is 0 Å². The molecule has 1 aromatic heterocycles. The Bertz CT molecular complexity index is 3300. The minimum absolute atomic E-state index is 0.0189. The second kappa shape index (κ2) is 12.5. The van der Waals surface area contributed by atoms with Crippen LogP contribution in [0.15, 0.2) is 84.3 Å². The van der Waals surface area contributed by atoms with Crippen molar-refractivity contribution in [3.63, 3.8) is 0 Å². The molecule has 66 heavy (non-hydrogen) atoms. The number of hydrogen-bond donors (Lipinski definition) is 2. The normalized spacial score (nSPS) is 26.6. The van der Waals surface area contributed by atoms with Crippen LogP contribution in [0.1, 0.15) is 137 Å². The van der Waals surface area contributed by atoms with E-state index in [2.05, 4.69) is 153 Å². The number of aromatic nitrogens is 2. The highest BCUT2D eigenvalue weighted by Gasteiger charge is 2.59. The van der Waals surface area contributed by atoms with E-state index in [-0.39, 0.29) is 44.6 Å². The number of rotatable bonds is 2. The van der Waals surface area contributed by atoms with E-state index in [4.69, 9.17) is 28.9 Å². The Labute approximate surface area is 388 Å². The monoisotopic (exact) mass is 876 g/mol. The van der Waals surface area contributed by atoms with Crippen LogP contribution in [0.5, 0.6) is 23.0 Å². The van der Waals surface area contributed by atoms with Gasteiger partial charge in [0.25, 0.3) is 0 Å². The van der Waals surface area contributed by atoms with Crippen LogP contribution in [0.25, 0.3) is 22.1 Å². The predicted octanol–water partition coefficient (Wildman–Crippen LogP) is 12.5. The van der Waals surface area contributed by atoms with Crippen LogP contribution in [-0.4, -0.2) is 36.3 Å². The van der Waals surface area contributed by atoms with Crippen LogP contribution in [0.2, 0.25) is 0 Å². The van der Waals surface area contributed by atoms with E-state index in [1.807, 2.05) is 0 Å². The number of ether oxygens (including phenoxy) is 4. The molecule has 0 radical (unpaired) electrons. The summed E-state index contributed by atoms with van der Waals surface area (Å²) >= 11 is 0. The molecule has 336 valence electrons. The third-order valence-electron chi connectivity index (χ3n) is 17.3. The van der Waals surface area contributed by atoms with Gasteiger partial charge in [-0.2, -0.15) is 0 Å². The molecule has 0 saturated heterocycles. The Kier molecular flexibility index (Phi) is 7.62. The van der Waals surface area contributed by atoms with E-state index in [9.17, 15) is 0 Å². The zero-order valence-electron chi connectivity index (χ0n) is 40.4. The zero-order valence-corrected chi connectivity index (χ0v) is 40.4. The predicted molar refractivity (Wildman–Crippen MR) is 263 cm³/mol. The fourth-order valence-electron chi connectivity index (χ4n) is 14.5. The largest absolute Gasteiger partial charge is 0.493 e. The maximum absolute atomic E-state index is 6.95. The van der Waals surface area contributed by atoms with Gasteiger partial charge >= 0.3 is 0 Å². The fourth-order valence-corrected chi connectivity index (χ4v) is 14.5. The van der Waals surface area contributed by atoms with Crippen molar-refractivity contribution in [3.8, 4) is 23.0 Å². The smallest absolute Gasteiger partial charge is 0.170 e. The standard InChI is InChI=1S/C58H60N4O4/c1-29-13-39-40(14-30(29)2)60-43-17-35-31(15-41(43)59-39)53(3,4)25-57(35)26-54(5,6)32-16-42-44(18-36(32)57)62-46-24-52-51(23-45(46)61-42)65-49-20-34-38(22-50(49)66-52)58(28-56(34,9)10)27-55(7,8)33-19-47(63-11)48(64-12)21-37(33)58/h13-24,45-46,61-62H,25-28H2,1-12H3. The van der Waals surface area contributed by atoms with Crippen LogP contribution in [0, 0.1) is 13.8 Å². The van der Waals surface area contributed by atoms with Crippen molar-refractivity contribution in [3.05, 3.63) is 140 Å². The lowest BCUT2D eigenvalue weighted by Gasteiger charge is -2.38. The topological polar surface area (TPSA) is 86.8 Å². The number of nitrogens with zero attached hydrogens (tertiary/aromatic N) is 2. The summed E-state index contributed by atoms with van der Waals surface area (Å²) in [5.41, 5.74) is 19.0. The second-order valence-corrected chi connectivity index (χ2v) is 23.6. The van der Waals surface area contributed by atoms with Gasteiger partial charge in [-0.3, -0.25) is 0 Å². The van der Waals surface area contributed by atoms with Gasteiger partial charge in [0.15, 0.2) is 34.5 Å². The van der Waals surface area contributed by atoms with E-state index < -0.39 is 0 Å². The number of benzene rings is 5.